The number of amides is 1. The van der Waals surface area contributed by atoms with E-state index in [1.807, 2.05) is 12.1 Å². The number of anilines is 1. The number of carbonyl (C=O) groups is 1. The Kier molecular flexibility index (Phi) is 8.25. The molecule has 6 atom stereocenters. The number of aliphatic hydroxyl groups is 1. The van der Waals surface area contributed by atoms with E-state index in [2.05, 4.69) is 17.1 Å². The maximum Gasteiger partial charge on any atom is 0.224 e. The number of ether oxygens (including phenoxy) is 2. The molecule has 3 N–H and O–H groups in total. The third kappa shape index (κ3) is 5.84. The van der Waals surface area contributed by atoms with Gasteiger partial charge in [0.25, 0.3) is 0 Å². The van der Waals surface area contributed by atoms with Gasteiger partial charge in [0, 0.05) is 36.9 Å². The molecule has 0 aromatic heterocycles. The molecule has 6 rings (SSSR count). The lowest BCUT2D eigenvalue weighted by molar-refractivity contribution is -0.116. The fourth-order valence-electron chi connectivity index (χ4n) is 8.21. The van der Waals surface area contributed by atoms with Crippen molar-refractivity contribution in [2.45, 2.75) is 76.4 Å². The summed E-state index contributed by atoms with van der Waals surface area (Å²) in [5.74, 6) is 0.875. The molecule has 2 aromatic rings. The van der Waals surface area contributed by atoms with Gasteiger partial charge in [-0.2, -0.15) is 0 Å². The molecule has 0 unspecified atom stereocenters. The fraction of sp³-hybridized carbons (Fsp3) is 0.606. The van der Waals surface area contributed by atoms with Gasteiger partial charge in [-0.1, -0.05) is 13.0 Å². The van der Waals surface area contributed by atoms with Gasteiger partial charge in [0.1, 0.15) is 23.4 Å². The molecule has 1 heterocycles. The van der Waals surface area contributed by atoms with Gasteiger partial charge in [0.05, 0.1) is 25.0 Å². The molecule has 3 aliphatic carbocycles. The second kappa shape index (κ2) is 11.9. The number of aromatic hydroxyl groups is 1. The highest BCUT2D eigenvalue weighted by molar-refractivity contribution is 5.90. The van der Waals surface area contributed by atoms with Crippen LogP contribution in [0.5, 0.6) is 11.5 Å². The molecule has 0 spiro atoms. The Morgan fingerprint density at radius 3 is 2.78 bits per heavy atom. The van der Waals surface area contributed by atoms with Crippen LogP contribution in [0.4, 0.5) is 10.1 Å². The monoisotopic (exact) mass is 566 g/mol. The lowest BCUT2D eigenvalue weighted by Crippen LogP contribution is -2.51. The number of benzene rings is 2. The van der Waals surface area contributed by atoms with E-state index in [-0.39, 0.29) is 40.9 Å². The van der Waals surface area contributed by atoms with Crippen molar-refractivity contribution in [1.82, 2.24) is 4.90 Å². The summed E-state index contributed by atoms with van der Waals surface area (Å²) in [5, 5.41) is 23.8. The Hall–Kier alpha value is -2.68. The number of fused-ring (bicyclic) bond motifs is 5. The standard InChI is InChI=1S/C33H43FN2O5/c1-33-20-29(32-24-9-6-22(37)18-21(24)5-8-25(32)26(33)10-12-30(33)38)41-23-7-11-28(27(34)19-23)35-31(39)4-2-3-13-36-14-16-40-17-15-36/h6-7,9,11,18-19,25-26,29-30,32,37-38H,2-5,8,10,12-17,20H2,1H3,(H,35,39)/t25-,26-,29-,30-,32+,33-/m0/s1. The third-order valence-electron chi connectivity index (χ3n) is 10.3. The van der Waals surface area contributed by atoms with Crippen LogP contribution in [-0.2, 0) is 16.0 Å². The normalized spacial score (nSPS) is 31.1. The summed E-state index contributed by atoms with van der Waals surface area (Å²) >= 11 is 0. The van der Waals surface area contributed by atoms with E-state index < -0.39 is 5.82 Å². The average molecular weight is 567 g/mol. The van der Waals surface area contributed by atoms with Crippen LogP contribution in [-0.4, -0.2) is 66.1 Å². The Morgan fingerprint density at radius 2 is 1.98 bits per heavy atom. The Bertz CT molecular complexity index is 1250. The number of carbonyl (C=O) groups excluding carboxylic acids is 1. The van der Waals surface area contributed by atoms with Crippen LogP contribution in [0.3, 0.4) is 0 Å². The second-order valence-corrected chi connectivity index (χ2v) is 12.8. The molecule has 0 radical (unpaired) electrons. The summed E-state index contributed by atoms with van der Waals surface area (Å²) in [7, 11) is 0. The van der Waals surface area contributed by atoms with Crippen LogP contribution in [0.1, 0.15) is 68.9 Å². The van der Waals surface area contributed by atoms with Gasteiger partial charge in [-0.25, -0.2) is 4.39 Å². The van der Waals surface area contributed by atoms with Gasteiger partial charge in [-0.15, -0.1) is 0 Å². The van der Waals surface area contributed by atoms with Crippen LogP contribution in [0.2, 0.25) is 0 Å². The van der Waals surface area contributed by atoms with Crippen molar-refractivity contribution in [2.75, 3.05) is 38.2 Å². The zero-order chi connectivity index (χ0) is 28.6. The van der Waals surface area contributed by atoms with Crippen molar-refractivity contribution in [1.29, 1.82) is 0 Å². The van der Waals surface area contributed by atoms with Crippen LogP contribution < -0.4 is 10.1 Å². The van der Waals surface area contributed by atoms with E-state index in [0.717, 1.165) is 76.9 Å². The zero-order valence-corrected chi connectivity index (χ0v) is 24.0. The predicted molar refractivity (Wildman–Crippen MR) is 155 cm³/mol. The van der Waals surface area contributed by atoms with Gasteiger partial charge in [0.15, 0.2) is 0 Å². The van der Waals surface area contributed by atoms with Crippen LogP contribution in [0.15, 0.2) is 36.4 Å². The number of hydrogen-bond donors (Lipinski definition) is 3. The van der Waals surface area contributed by atoms with E-state index in [0.29, 0.717) is 30.4 Å². The van der Waals surface area contributed by atoms with Gasteiger partial charge in [-0.05, 0) is 98.7 Å². The Morgan fingerprint density at radius 1 is 1.15 bits per heavy atom. The minimum Gasteiger partial charge on any atom is -0.508 e. The Labute approximate surface area is 242 Å². The van der Waals surface area contributed by atoms with E-state index in [1.165, 1.54) is 11.6 Å². The van der Waals surface area contributed by atoms with Gasteiger partial charge < -0.3 is 25.0 Å². The summed E-state index contributed by atoms with van der Waals surface area (Å²) in [6.07, 6.45) is 5.80. The van der Waals surface area contributed by atoms with Crippen molar-refractivity contribution in [3.63, 3.8) is 0 Å². The SMILES string of the molecule is C[C@]12C[C@H](Oc3ccc(NC(=O)CCCCN4CCOCC4)c(F)c3)[C@@H]3c4ccc(O)cc4CC[C@H]3[C@@H]1CC[C@@H]2O. The molecule has 41 heavy (non-hydrogen) atoms. The molecule has 1 amide bonds. The first-order chi connectivity index (χ1) is 19.8. The number of phenols is 1. The molecule has 4 aliphatic rings. The van der Waals surface area contributed by atoms with Gasteiger partial charge >= 0.3 is 0 Å². The topological polar surface area (TPSA) is 91.3 Å². The van der Waals surface area contributed by atoms with E-state index >= 15 is 4.39 Å². The van der Waals surface area contributed by atoms with E-state index in [9.17, 15) is 15.0 Å². The maximum atomic E-state index is 15.2. The molecule has 1 saturated heterocycles. The lowest BCUT2D eigenvalue weighted by Gasteiger charge is -2.53. The summed E-state index contributed by atoms with van der Waals surface area (Å²) in [6.45, 7) is 6.54. The molecule has 222 valence electrons. The van der Waals surface area contributed by atoms with Gasteiger partial charge in [0.2, 0.25) is 5.91 Å². The van der Waals surface area contributed by atoms with Crippen molar-refractivity contribution in [3.05, 3.63) is 53.3 Å². The van der Waals surface area contributed by atoms with Crippen molar-refractivity contribution >= 4 is 11.6 Å². The maximum absolute atomic E-state index is 15.2. The quantitative estimate of drug-likeness (QED) is 0.379. The minimum absolute atomic E-state index is 0.114. The largest absolute Gasteiger partial charge is 0.508 e. The number of halogens is 1. The minimum atomic E-state index is -0.518. The first-order valence-corrected chi connectivity index (χ1v) is 15.4. The summed E-state index contributed by atoms with van der Waals surface area (Å²) in [4.78, 5) is 14.8. The molecule has 2 saturated carbocycles. The molecule has 8 heteroatoms. The highest BCUT2D eigenvalue weighted by Gasteiger charge is 2.58. The summed E-state index contributed by atoms with van der Waals surface area (Å²) < 4.78 is 27.1. The van der Waals surface area contributed by atoms with E-state index in [4.69, 9.17) is 9.47 Å². The highest BCUT2D eigenvalue weighted by Crippen LogP contribution is 2.61. The zero-order valence-electron chi connectivity index (χ0n) is 24.0. The third-order valence-corrected chi connectivity index (χ3v) is 10.3. The van der Waals surface area contributed by atoms with Crippen molar-refractivity contribution in [2.24, 2.45) is 17.3 Å². The number of morpholine rings is 1. The molecule has 3 fully saturated rings. The lowest BCUT2D eigenvalue weighted by atomic mass is 9.54. The van der Waals surface area contributed by atoms with Crippen LogP contribution in [0.25, 0.3) is 0 Å². The van der Waals surface area contributed by atoms with Crippen molar-refractivity contribution < 1.29 is 28.9 Å². The number of unbranched alkanes of at least 4 members (excludes halogenated alkanes) is 1. The Balaban J connectivity index is 1.12. The van der Waals surface area contributed by atoms with E-state index in [1.54, 1.807) is 18.2 Å². The summed E-state index contributed by atoms with van der Waals surface area (Å²) in [6, 6.07) is 10.3. The predicted octanol–water partition coefficient (Wildman–Crippen LogP) is 5.25. The second-order valence-electron chi connectivity index (χ2n) is 12.8. The number of nitrogens with one attached hydrogen (secondary N) is 1. The van der Waals surface area contributed by atoms with Crippen LogP contribution >= 0.6 is 0 Å². The number of aryl methyl sites for hydroxylation is 1. The van der Waals surface area contributed by atoms with Crippen LogP contribution in [0, 0.1) is 23.1 Å². The highest BCUT2D eigenvalue weighted by atomic mass is 19.1. The van der Waals surface area contributed by atoms with Gasteiger partial charge in [-0.3, -0.25) is 9.69 Å². The number of hydrogen-bond acceptors (Lipinski definition) is 6. The smallest absolute Gasteiger partial charge is 0.224 e. The number of rotatable bonds is 8. The first kappa shape index (κ1) is 28.4. The molecular weight excluding hydrogens is 523 g/mol. The molecule has 2 aromatic carbocycles. The number of nitrogens with zero attached hydrogens (tertiary/aromatic N) is 1. The number of phenolic OH excluding ortho intramolecular Hbond substituents is 1. The molecule has 0 bridgehead atoms. The number of aliphatic hydroxyl groups excluding tert-OH is 1. The molecular formula is C33H43FN2O5. The van der Waals surface area contributed by atoms with Crippen molar-refractivity contribution in [3.8, 4) is 11.5 Å². The molecule has 1 aliphatic heterocycles. The molecule has 7 nitrogen and oxygen atoms in total. The average Bonchev–Trinajstić information content (AvgIpc) is 3.26. The fourth-order valence-corrected chi connectivity index (χ4v) is 8.21. The first-order valence-electron chi connectivity index (χ1n) is 15.4. The summed E-state index contributed by atoms with van der Waals surface area (Å²) in [5.41, 5.74) is 2.27.